The Morgan fingerprint density at radius 2 is 2.19 bits per heavy atom. The molecule has 3 atom stereocenters. The summed E-state index contributed by atoms with van der Waals surface area (Å²) in [7, 11) is 1.05. The number of fused-ring (bicyclic) bond motifs is 1. The molecule has 0 amide bonds. The Labute approximate surface area is 167 Å². The van der Waals surface area contributed by atoms with Crippen molar-refractivity contribution in [2.24, 2.45) is 5.92 Å². The van der Waals surface area contributed by atoms with Crippen molar-refractivity contribution in [3.8, 4) is 0 Å². The van der Waals surface area contributed by atoms with E-state index in [2.05, 4.69) is 45.1 Å². The molecule has 1 aromatic heterocycles. The van der Waals surface area contributed by atoms with Gasteiger partial charge in [-0.3, -0.25) is 0 Å². The molecule has 1 N–H and O–H groups in total. The van der Waals surface area contributed by atoms with Crippen molar-refractivity contribution in [2.45, 2.75) is 12.2 Å². The molecule has 2 aliphatic rings. The molecule has 4 rings (SSSR count). The van der Waals surface area contributed by atoms with Crippen LogP contribution in [0.5, 0.6) is 0 Å². The molecule has 5 nitrogen and oxygen atoms in total. The first kappa shape index (κ1) is 18.5. The topological polar surface area (TPSA) is 48.5 Å². The van der Waals surface area contributed by atoms with Crippen LogP contribution < -0.4 is 14.5 Å². The zero-order valence-corrected chi connectivity index (χ0v) is 17.1. The molecule has 27 heavy (non-hydrogen) atoms. The highest BCUT2D eigenvalue weighted by molar-refractivity contribution is 7.84. The van der Waals surface area contributed by atoms with Gasteiger partial charge in [0.2, 0.25) is 0 Å². The first-order valence-corrected chi connectivity index (χ1v) is 10.6. The highest BCUT2D eigenvalue weighted by Crippen LogP contribution is 2.34. The van der Waals surface area contributed by atoms with Crippen LogP contribution in [0.1, 0.15) is 11.1 Å². The normalized spacial score (nSPS) is 24.1. The Morgan fingerprint density at radius 3 is 2.93 bits per heavy atom. The first-order chi connectivity index (χ1) is 13.0. The molecular formula is C20H23ClN4OS. The molecular weight excluding hydrogens is 380 g/mol. The predicted octanol–water partition coefficient (Wildman–Crippen LogP) is 3.22. The maximum atomic E-state index is 12.1. The Balaban J connectivity index is 1.60. The third kappa shape index (κ3) is 3.37. The molecule has 142 valence electrons. The van der Waals surface area contributed by atoms with Gasteiger partial charge < -0.3 is 9.80 Å². The minimum atomic E-state index is -0.947. The van der Waals surface area contributed by atoms with Gasteiger partial charge in [0, 0.05) is 55.7 Å². The van der Waals surface area contributed by atoms with Crippen LogP contribution in [0.25, 0.3) is 5.70 Å². The van der Waals surface area contributed by atoms with E-state index in [0.717, 1.165) is 42.4 Å². The summed E-state index contributed by atoms with van der Waals surface area (Å²) in [6, 6.07) is 10.2. The largest absolute Gasteiger partial charge is 0.355 e. The van der Waals surface area contributed by atoms with Gasteiger partial charge in [-0.2, -0.15) is 0 Å². The molecule has 0 bridgehead atoms. The highest BCUT2D eigenvalue weighted by Gasteiger charge is 2.41. The quantitative estimate of drug-likeness (QED) is 0.853. The number of benzene rings is 1. The van der Waals surface area contributed by atoms with E-state index in [-0.39, 0.29) is 5.25 Å². The van der Waals surface area contributed by atoms with Crippen molar-refractivity contribution in [3.63, 3.8) is 0 Å². The lowest BCUT2D eigenvalue weighted by Gasteiger charge is -2.26. The summed E-state index contributed by atoms with van der Waals surface area (Å²) in [5, 5.41) is 0.748. The number of aromatic nitrogens is 1. The number of nitrogens with one attached hydrogen (secondary N) is 1. The third-order valence-electron chi connectivity index (χ3n) is 5.50. The van der Waals surface area contributed by atoms with Crippen LogP contribution in [0, 0.1) is 12.8 Å². The van der Waals surface area contributed by atoms with E-state index in [1.165, 1.54) is 5.56 Å². The summed E-state index contributed by atoms with van der Waals surface area (Å²) < 4.78 is 15.1. The third-order valence-corrected chi connectivity index (χ3v) is 7.34. The second-order valence-electron chi connectivity index (χ2n) is 7.16. The Bertz CT molecular complexity index is 919. The summed E-state index contributed by atoms with van der Waals surface area (Å²) in [6.07, 6.45) is 1.69. The van der Waals surface area contributed by atoms with Gasteiger partial charge in [-0.15, -0.1) is 0 Å². The fourth-order valence-electron chi connectivity index (χ4n) is 3.85. The standard InChI is InChI=1S/C20H23ClN4OS/c1-13-6-4-5-7-18(13)24(3)14(2)16-8-20(22-10-17(16)21)25-11-15-9-23-27(26)19(15)12-25/h4-8,10,15,19,23H,2,9,11-12H2,1,3H3. The van der Waals surface area contributed by atoms with Gasteiger partial charge in [-0.1, -0.05) is 36.4 Å². The summed E-state index contributed by atoms with van der Waals surface area (Å²) in [5.41, 5.74) is 3.95. The number of pyridine rings is 1. The van der Waals surface area contributed by atoms with Crippen LogP contribution >= 0.6 is 11.6 Å². The van der Waals surface area contributed by atoms with Crippen molar-refractivity contribution in [3.05, 3.63) is 59.3 Å². The molecule has 1 aromatic carbocycles. The summed E-state index contributed by atoms with van der Waals surface area (Å²) >= 11 is 6.46. The van der Waals surface area contributed by atoms with Crippen LogP contribution in [0.4, 0.5) is 11.5 Å². The number of halogens is 1. The first-order valence-electron chi connectivity index (χ1n) is 8.99. The lowest BCUT2D eigenvalue weighted by atomic mass is 10.1. The number of anilines is 2. The lowest BCUT2D eigenvalue weighted by molar-refractivity contribution is 0.626. The van der Waals surface area contributed by atoms with Crippen molar-refractivity contribution in [1.29, 1.82) is 0 Å². The van der Waals surface area contributed by atoms with Crippen LogP contribution in [-0.4, -0.2) is 41.1 Å². The van der Waals surface area contributed by atoms with E-state index in [1.54, 1.807) is 6.20 Å². The van der Waals surface area contributed by atoms with E-state index < -0.39 is 11.0 Å². The Hall–Kier alpha value is -1.89. The lowest BCUT2D eigenvalue weighted by Crippen LogP contribution is -2.28. The molecule has 3 heterocycles. The monoisotopic (exact) mass is 402 g/mol. The van der Waals surface area contributed by atoms with Crippen molar-refractivity contribution >= 4 is 39.8 Å². The zero-order valence-electron chi connectivity index (χ0n) is 15.5. The van der Waals surface area contributed by atoms with E-state index in [9.17, 15) is 4.21 Å². The minimum absolute atomic E-state index is 0.170. The Morgan fingerprint density at radius 1 is 1.41 bits per heavy atom. The molecule has 0 radical (unpaired) electrons. The number of hydrogen-bond donors (Lipinski definition) is 1. The maximum absolute atomic E-state index is 12.1. The molecule has 2 fully saturated rings. The van der Waals surface area contributed by atoms with Crippen molar-refractivity contribution in [1.82, 2.24) is 9.71 Å². The number of aryl methyl sites for hydroxylation is 1. The van der Waals surface area contributed by atoms with Gasteiger partial charge in [0.15, 0.2) is 0 Å². The van der Waals surface area contributed by atoms with Crippen LogP contribution in [0.3, 0.4) is 0 Å². The summed E-state index contributed by atoms with van der Waals surface area (Å²) in [6.45, 7) is 8.77. The number of hydrogen-bond acceptors (Lipinski definition) is 4. The van der Waals surface area contributed by atoms with Gasteiger partial charge in [-0.05, 0) is 24.6 Å². The predicted molar refractivity (Wildman–Crippen MR) is 113 cm³/mol. The molecule has 2 aliphatic heterocycles. The van der Waals surface area contributed by atoms with Crippen LogP contribution in [0.2, 0.25) is 5.02 Å². The fraction of sp³-hybridized carbons (Fsp3) is 0.350. The average Bonchev–Trinajstić information content (AvgIpc) is 3.24. The molecule has 0 aliphatic carbocycles. The molecule has 2 saturated heterocycles. The van der Waals surface area contributed by atoms with Gasteiger partial charge >= 0.3 is 0 Å². The SMILES string of the molecule is C=C(c1cc(N2CC3CNS(=O)C3C2)ncc1Cl)N(C)c1ccccc1C. The molecule has 0 spiro atoms. The van der Waals surface area contributed by atoms with Gasteiger partial charge in [0.25, 0.3) is 0 Å². The van der Waals surface area contributed by atoms with Gasteiger partial charge in [0.05, 0.1) is 21.3 Å². The smallest absolute Gasteiger partial charge is 0.129 e. The molecule has 3 unspecified atom stereocenters. The maximum Gasteiger partial charge on any atom is 0.129 e. The van der Waals surface area contributed by atoms with Gasteiger partial charge in [0.1, 0.15) is 5.82 Å². The fourth-order valence-corrected chi connectivity index (χ4v) is 5.50. The van der Waals surface area contributed by atoms with Crippen LogP contribution in [-0.2, 0) is 11.0 Å². The van der Waals surface area contributed by atoms with Crippen molar-refractivity contribution < 1.29 is 4.21 Å². The summed E-state index contributed by atoms with van der Waals surface area (Å²) in [4.78, 5) is 8.78. The highest BCUT2D eigenvalue weighted by atomic mass is 35.5. The van der Waals surface area contributed by atoms with Crippen molar-refractivity contribution in [2.75, 3.05) is 36.5 Å². The number of rotatable bonds is 4. The Kier molecular flexibility index (Phi) is 4.97. The summed E-state index contributed by atoms with van der Waals surface area (Å²) in [5.74, 6) is 1.27. The van der Waals surface area contributed by atoms with Gasteiger partial charge in [-0.25, -0.2) is 13.9 Å². The zero-order chi connectivity index (χ0) is 19.1. The molecule has 2 aromatic rings. The minimum Gasteiger partial charge on any atom is -0.355 e. The van der Waals surface area contributed by atoms with E-state index in [4.69, 9.17) is 11.6 Å². The number of para-hydroxylation sites is 1. The average molecular weight is 403 g/mol. The molecule has 7 heteroatoms. The van der Waals surface area contributed by atoms with E-state index in [1.807, 2.05) is 25.2 Å². The second kappa shape index (κ2) is 7.26. The second-order valence-corrected chi connectivity index (χ2v) is 9.06. The van der Waals surface area contributed by atoms with E-state index >= 15 is 0 Å². The van der Waals surface area contributed by atoms with Crippen LogP contribution in [0.15, 0.2) is 43.1 Å². The number of nitrogens with zero attached hydrogens (tertiary/aromatic N) is 3. The van der Waals surface area contributed by atoms with E-state index in [0.29, 0.717) is 10.9 Å². The molecule has 0 saturated carbocycles.